The first-order chi connectivity index (χ1) is 6.33. The summed E-state index contributed by atoms with van der Waals surface area (Å²) in [5.41, 5.74) is 2.85. The van der Waals surface area contributed by atoms with Crippen molar-refractivity contribution in [3.63, 3.8) is 0 Å². The summed E-state index contributed by atoms with van der Waals surface area (Å²) in [6.45, 7) is 7.30. The van der Waals surface area contributed by atoms with Gasteiger partial charge in [0.2, 0.25) is 0 Å². The number of nitrogens with zero attached hydrogens (tertiary/aromatic N) is 1. The van der Waals surface area contributed by atoms with Gasteiger partial charge in [0, 0.05) is 22.7 Å². The molecule has 64 valence electrons. The maximum absolute atomic E-state index is 3.83. The topological polar surface area (TPSA) is 28.1 Å². The van der Waals surface area contributed by atoms with E-state index in [9.17, 15) is 0 Å². The molecule has 0 aliphatic carbocycles. The predicted molar refractivity (Wildman–Crippen MR) is 56.9 cm³/mol. The number of aliphatic imine (C=N–C) groups is 1. The van der Waals surface area contributed by atoms with Crippen LogP contribution in [0.5, 0.6) is 0 Å². The maximum Gasteiger partial charge on any atom is 0.0629 e. The average Bonchev–Trinajstić information content (AvgIpc) is 2.63. The molecule has 1 aromatic heterocycles. The van der Waals surface area contributed by atoms with Crippen molar-refractivity contribution in [3.8, 4) is 0 Å². The number of H-pyrrole nitrogens is 1. The second kappa shape index (κ2) is 2.90. The van der Waals surface area contributed by atoms with Crippen LogP contribution in [0.2, 0.25) is 0 Å². The van der Waals surface area contributed by atoms with E-state index in [0.717, 1.165) is 16.5 Å². The molecule has 2 nitrogen and oxygen atoms in total. The number of rotatable bonds is 2. The van der Waals surface area contributed by atoms with Crippen LogP contribution < -0.4 is 0 Å². The molecule has 0 aliphatic heterocycles. The molecule has 0 saturated carbocycles. The fourth-order valence-corrected chi connectivity index (χ4v) is 1.42. The van der Waals surface area contributed by atoms with E-state index in [-0.39, 0.29) is 0 Å². The van der Waals surface area contributed by atoms with Gasteiger partial charge in [0.05, 0.1) is 5.70 Å². The van der Waals surface area contributed by atoms with Gasteiger partial charge in [0.25, 0.3) is 0 Å². The molecule has 0 aliphatic rings. The molecule has 0 atom stereocenters. The summed E-state index contributed by atoms with van der Waals surface area (Å²) in [4.78, 5) is 6.97. The molecule has 1 heterocycles. The van der Waals surface area contributed by atoms with Gasteiger partial charge >= 0.3 is 0 Å². The minimum atomic E-state index is 0.713. The van der Waals surface area contributed by atoms with Crippen LogP contribution in [0.25, 0.3) is 16.6 Å². The molecule has 13 heavy (non-hydrogen) atoms. The molecular formula is C11H10N2. The lowest BCUT2D eigenvalue weighted by Crippen LogP contribution is -1.79. The van der Waals surface area contributed by atoms with E-state index in [2.05, 4.69) is 23.3 Å². The normalized spacial score (nSPS) is 10.2. The Morgan fingerprint density at radius 3 is 2.92 bits per heavy atom. The van der Waals surface area contributed by atoms with Crippen molar-refractivity contribution in [2.24, 2.45) is 4.99 Å². The second-order valence-corrected chi connectivity index (χ2v) is 2.85. The Bertz CT molecular complexity index is 466. The number of hydrogen-bond donors (Lipinski definition) is 1. The summed E-state index contributed by atoms with van der Waals surface area (Å²) in [6, 6.07) is 8.01. The van der Waals surface area contributed by atoms with Crippen molar-refractivity contribution >= 4 is 23.3 Å². The Hall–Kier alpha value is -1.83. The van der Waals surface area contributed by atoms with E-state index in [1.165, 1.54) is 0 Å². The molecule has 2 aromatic rings. The smallest absolute Gasteiger partial charge is 0.0629 e. The Kier molecular flexibility index (Phi) is 1.74. The minimum Gasteiger partial charge on any atom is -0.361 e. The number of benzene rings is 1. The molecule has 2 heteroatoms. The van der Waals surface area contributed by atoms with Crippen molar-refractivity contribution in [1.29, 1.82) is 0 Å². The summed E-state index contributed by atoms with van der Waals surface area (Å²) in [5.74, 6) is 0. The zero-order chi connectivity index (χ0) is 9.26. The lowest BCUT2D eigenvalue weighted by molar-refractivity contribution is 1.47. The maximum atomic E-state index is 3.83. The lowest BCUT2D eigenvalue weighted by Gasteiger charge is -2.00. The average molecular weight is 170 g/mol. The minimum absolute atomic E-state index is 0.713. The van der Waals surface area contributed by atoms with Crippen molar-refractivity contribution < 1.29 is 0 Å². The second-order valence-electron chi connectivity index (χ2n) is 2.85. The zero-order valence-corrected chi connectivity index (χ0v) is 7.25. The third-order valence-electron chi connectivity index (χ3n) is 2.10. The van der Waals surface area contributed by atoms with E-state index in [1.54, 1.807) is 0 Å². The predicted octanol–water partition coefficient (Wildman–Crippen LogP) is 2.84. The Labute approximate surface area is 76.6 Å². The van der Waals surface area contributed by atoms with Gasteiger partial charge in [-0.1, -0.05) is 18.7 Å². The third-order valence-corrected chi connectivity index (χ3v) is 2.10. The quantitative estimate of drug-likeness (QED) is 0.671. The van der Waals surface area contributed by atoms with Crippen molar-refractivity contribution in [3.05, 3.63) is 42.6 Å². The first kappa shape index (κ1) is 7.80. The fourth-order valence-electron chi connectivity index (χ4n) is 1.42. The lowest BCUT2D eigenvalue weighted by atomic mass is 10.1. The molecule has 0 amide bonds. The van der Waals surface area contributed by atoms with Gasteiger partial charge in [-0.25, -0.2) is 0 Å². The molecule has 0 saturated heterocycles. The zero-order valence-electron chi connectivity index (χ0n) is 7.25. The van der Waals surface area contributed by atoms with Gasteiger partial charge in [-0.3, -0.25) is 4.99 Å². The highest BCUT2D eigenvalue weighted by molar-refractivity contribution is 5.91. The van der Waals surface area contributed by atoms with Crippen LogP contribution in [-0.4, -0.2) is 11.7 Å². The molecule has 0 bridgehead atoms. The van der Waals surface area contributed by atoms with E-state index >= 15 is 0 Å². The number of hydrogen-bond acceptors (Lipinski definition) is 1. The molecule has 0 spiro atoms. The largest absolute Gasteiger partial charge is 0.361 e. The van der Waals surface area contributed by atoms with Crippen LogP contribution in [-0.2, 0) is 0 Å². The molecule has 0 fully saturated rings. The van der Waals surface area contributed by atoms with Crippen LogP contribution in [0.3, 0.4) is 0 Å². The van der Waals surface area contributed by atoms with Crippen molar-refractivity contribution in [2.45, 2.75) is 0 Å². The highest BCUT2D eigenvalue weighted by Gasteiger charge is 2.02. The van der Waals surface area contributed by atoms with Crippen LogP contribution in [0, 0.1) is 0 Å². The Balaban J connectivity index is 2.74. The molecule has 0 radical (unpaired) electrons. The van der Waals surface area contributed by atoms with Gasteiger partial charge in [-0.05, 0) is 18.9 Å². The van der Waals surface area contributed by atoms with Gasteiger partial charge in [-0.2, -0.15) is 0 Å². The standard InChI is InChI=1S/C11H10N2/c1-8(12-2)9-4-3-5-11-10(9)6-7-13-11/h3-7,13H,1-2H2. The van der Waals surface area contributed by atoms with Crippen molar-refractivity contribution in [1.82, 2.24) is 4.98 Å². The Morgan fingerprint density at radius 1 is 1.31 bits per heavy atom. The number of nitrogens with one attached hydrogen (secondary N) is 1. The van der Waals surface area contributed by atoms with Gasteiger partial charge in [-0.15, -0.1) is 0 Å². The Morgan fingerprint density at radius 2 is 2.15 bits per heavy atom. The van der Waals surface area contributed by atoms with E-state index in [0.29, 0.717) is 5.70 Å². The molecule has 1 aromatic carbocycles. The van der Waals surface area contributed by atoms with Crippen LogP contribution in [0.15, 0.2) is 42.0 Å². The van der Waals surface area contributed by atoms with Gasteiger partial charge < -0.3 is 4.98 Å². The van der Waals surface area contributed by atoms with Crippen LogP contribution >= 0.6 is 0 Å². The van der Waals surface area contributed by atoms with Crippen molar-refractivity contribution in [2.75, 3.05) is 0 Å². The summed E-state index contributed by atoms with van der Waals surface area (Å²) in [5, 5.41) is 1.14. The summed E-state index contributed by atoms with van der Waals surface area (Å²) < 4.78 is 0. The fraction of sp³-hybridized carbons (Fsp3) is 0. The van der Waals surface area contributed by atoms with Crippen LogP contribution in [0.1, 0.15) is 5.56 Å². The van der Waals surface area contributed by atoms with E-state index < -0.39 is 0 Å². The molecular weight excluding hydrogens is 160 g/mol. The summed E-state index contributed by atoms with van der Waals surface area (Å²) >= 11 is 0. The third kappa shape index (κ3) is 1.16. The summed E-state index contributed by atoms with van der Waals surface area (Å²) in [6.07, 6.45) is 1.91. The summed E-state index contributed by atoms with van der Waals surface area (Å²) in [7, 11) is 0. The molecule has 0 unspecified atom stereocenters. The van der Waals surface area contributed by atoms with Gasteiger partial charge in [0.15, 0.2) is 0 Å². The first-order valence-corrected chi connectivity index (χ1v) is 4.05. The molecule has 2 rings (SSSR count). The van der Waals surface area contributed by atoms with E-state index in [4.69, 9.17) is 0 Å². The van der Waals surface area contributed by atoms with E-state index in [1.807, 2.05) is 30.5 Å². The number of fused-ring (bicyclic) bond motifs is 1. The van der Waals surface area contributed by atoms with Crippen LogP contribution in [0.4, 0.5) is 0 Å². The number of aromatic nitrogens is 1. The highest BCUT2D eigenvalue weighted by atomic mass is 14.7. The highest BCUT2D eigenvalue weighted by Crippen LogP contribution is 2.23. The first-order valence-electron chi connectivity index (χ1n) is 4.05. The monoisotopic (exact) mass is 170 g/mol. The number of aromatic amines is 1. The van der Waals surface area contributed by atoms with Gasteiger partial charge in [0.1, 0.15) is 0 Å². The molecule has 1 N–H and O–H groups in total. The SMILES string of the molecule is C=NC(=C)c1cccc2[nH]ccc12.